The van der Waals surface area contributed by atoms with Crippen LogP contribution in [0.25, 0.3) is 22.2 Å². The summed E-state index contributed by atoms with van der Waals surface area (Å²) in [7, 11) is 0. The molecule has 0 saturated heterocycles. The van der Waals surface area contributed by atoms with E-state index in [0.29, 0.717) is 0 Å². The van der Waals surface area contributed by atoms with Crippen LogP contribution in [-0.4, -0.2) is 11.5 Å². The van der Waals surface area contributed by atoms with Gasteiger partial charge in [0.1, 0.15) is 0 Å². The van der Waals surface area contributed by atoms with Crippen LogP contribution in [0, 0.1) is 3.57 Å². The lowest BCUT2D eigenvalue weighted by molar-refractivity contribution is 0.748. The minimum Gasteiger partial charge on any atom is -0.354 e. The van der Waals surface area contributed by atoms with Gasteiger partial charge in [-0.2, -0.15) is 0 Å². The fourth-order valence-corrected chi connectivity index (χ4v) is 3.84. The van der Waals surface area contributed by atoms with Crippen molar-refractivity contribution in [2.45, 2.75) is 19.3 Å². The molecule has 0 bridgehead atoms. The first-order valence-electron chi connectivity index (χ1n) is 7.46. The van der Waals surface area contributed by atoms with Crippen molar-refractivity contribution in [3.8, 4) is 11.3 Å². The second-order valence-electron chi connectivity index (χ2n) is 5.39. The highest BCUT2D eigenvalue weighted by molar-refractivity contribution is 14.1. The zero-order valence-electron chi connectivity index (χ0n) is 12.2. The summed E-state index contributed by atoms with van der Waals surface area (Å²) in [5, 5.41) is 1.31. The van der Waals surface area contributed by atoms with E-state index >= 15 is 0 Å². The summed E-state index contributed by atoms with van der Waals surface area (Å²) in [4.78, 5) is 3.62. The fraction of sp³-hybridized carbons (Fsp3) is 0.222. The molecule has 0 saturated carbocycles. The predicted molar refractivity (Wildman–Crippen MR) is 106 cm³/mol. The third-order valence-corrected chi connectivity index (χ3v) is 5.33. The van der Waals surface area contributed by atoms with Crippen LogP contribution in [-0.2, 0) is 6.42 Å². The Morgan fingerprint density at radius 2 is 1.91 bits per heavy atom. The monoisotopic (exact) mass is 468 g/mol. The van der Waals surface area contributed by atoms with Crippen molar-refractivity contribution in [1.29, 1.82) is 0 Å². The van der Waals surface area contributed by atoms with E-state index in [0.717, 1.165) is 30.3 Å². The SMILES string of the molecule is NCCCCc1c(-c2ccccc2I)[nH]c2ccc(Br)cc12. The highest BCUT2D eigenvalue weighted by Gasteiger charge is 2.14. The summed E-state index contributed by atoms with van der Waals surface area (Å²) in [5.41, 5.74) is 10.8. The third-order valence-electron chi connectivity index (χ3n) is 3.89. The summed E-state index contributed by atoms with van der Waals surface area (Å²) in [6.45, 7) is 0.754. The molecule has 1 aromatic heterocycles. The van der Waals surface area contributed by atoms with Crippen molar-refractivity contribution in [1.82, 2.24) is 4.98 Å². The summed E-state index contributed by atoms with van der Waals surface area (Å²) in [6.07, 6.45) is 3.23. The highest BCUT2D eigenvalue weighted by atomic mass is 127. The number of rotatable bonds is 5. The molecule has 0 aliphatic carbocycles. The number of halogens is 2. The molecular formula is C18H18BrIN2. The molecule has 3 aromatic rings. The number of nitrogens with two attached hydrogens (primary N) is 1. The normalized spacial score (nSPS) is 11.2. The summed E-state index contributed by atoms with van der Waals surface area (Å²) < 4.78 is 2.39. The van der Waals surface area contributed by atoms with Crippen LogP contribution < -0.4 is 5.73 Å². The van der Waals surface area contributed by atoms with E-state index in [1.807, 2.05) is 0 Å². The Bertz CT molecular complexity index is 795. The first-order chi connectivity index (χ1) is 10.7. The molecule has 0 fully saturated rings. The number of aromatic nitrogens is 1. The van der Waals surface area contributed by atoms with E-state index < -0.39 is 0 Å². The summed E-state index contributed by atoms with van der Waals surface area (Å²) in [5.74, 6) is 0. The van der Waals surface area contributed by atoms with Gasteiger partial charge in [0.15, 0.2) is 0 Å². The molecule has 2 nitrogen and oxygen atoms in total. The lowest BCUT2D eigenvalue weighted by Gasteiger charge is -2.07. The topological polar surface area (TPSA) is 41.8 Å². The molecule has 2 aromatic carbocycles. The molecule has 22 heavy (non-hydrogen) atoms. The van der Waals surface area contributed by atoms with Gasteiger partial charge in [-0.15, -0.1) is 0 Å². The van der Waals surface area contributed by atoms with Gasteiger partial charge in [-0.25, -0.2) is 0 Å². The quantitative estimate of drug-likeness (QED) is 0.377. The number of aromatic amines is 1. The lowest BCUT2D eigenvalue weighted by atomic mass is 10.0. The number of aryl methyl sites for hydroxylation is 1. The zero-order valence-corrected chi connectivity index (χ0v) is 15.9. The van der Waals surface area contributed by atoms with Crippen LogP contribution in [0.15, 0.2) is 46.9 Å². The molecule has 0 unspecified atom stereocenters. The van der Waals surface area contributed by atoms with Crippen molar-refractivity contribution >= 4 is 49.4 Å². The maximum Gasteiger partial charge on any atom is 0.0508 e. The van der Waals surface area contributed by atoms with Gasteiger partial charge in [0.25, 0.3) is 0 Å². The van der Waals surface area contributed by atoms with Gasteiger partial charge in [-0.3, -0.25) is 0 Å². The smallest absolute Gasteiger partial charge is 0.0508 e. The molecule has 0 radical (unpaired) electrons. The maximum absolute atomic E-state index is 5.66. The van der Waals surface area contributed by atoms with Gasteiger partial charge in [-0.1, -0.05) is 34.1 Å². The van der Waals surface area contributed by atoms with Crippen LogP contribution in [0.4, 0.5) is 0 Å². The van der Waals surface area contributed by atoms with Crippen LogP contribution in [0.5, 0.6) is 0 Å². The molecule has 3 rings (SSSR count). The Kier molecular flexibility index (Phi) is 5.21. The average Bonchev–Trinajstić information content (AvgIpc) is 2.86. The molecule has 0 aliphatic heterocycles. The fourth-order valence-electron chi connectivity index (χ4n) is 2.82. The van der Waals surface area contributed by atoms with Crippen molar-refractivity contribution < 1.29 is 0 Å². The van der Waals surface area contributed by atoms with E-state index in [2.05, 4.69) is 86.0 Å². The Morgan fingerprint density at radius 3 is 2.68 bits per heavy atom. The number of fused-ring (bicyclic) bond motifs is 1. The predicted octanol–water partition coefficient (Wildman–Crippen LogP) is 5.48. The molecule has 1 heterocycles. The number of nitrogens with one attached hydrogen (secondary N) is 1. The van der Waals surface area contributed by atoms with Gasteiger partial charge in [-0.05, 0) is 78.2 Å². The summed E-state index contributed by atoms with van der Waals surface area (Å²) >= 11 is 6.00. The Morgan fingerprint density at radius 1 is 1.09 bits per heavy atom. The lowest BCUT2D eigenvalue weighted by Crippen LogP contribution is -1.99. The van der Waals surface area contributed by atoms with Gasteiger partial charge in [0.05, 0.1) is 5.69 Å². The third kappa shape index (κ3) is 3.24. The Hall–Kier alpha value is -0.850. The summed E-state index contributed by atoms with van der Waals surface area (Å²) in [6, 6.07) is 15.0. The minimum absolute atomic E-state index is 0.754. The standard InChI is InChI=1S/C18H18BrIN2/c19-12-8-9-17-15(11-12)13(5-3-4-10-21)18(22-17)14-6-1-2-7-16(14)20/h1-2,6-9,11,22H,3-5,10,21H2. The first kappa shape index (κ1) is 16.0. The van der Waals surface area contributed by atoms with E-state index in [1.54, 1.807) is 0 Å². The minimum atomic E-state index is 0.754. The number of hydrogen-bond donors (Lipinski definition) is 2. The van der Waals surface area contributed by atoms with Crippen molar-refractivity contribution in [2.24, 2.45) is 5.73 Å². The van der Waals surface area contributed by atoms with E-state index in [9.17, 15) is 0 Å². The van der Waals surface area contributed by atoms with Crippen molar-refractivity contribution in [3.63, 3.8) is 0 Å². The van der Waals surface area contributed by atoms with Gasteiger partial charge in [0, 0.05) is 24.5 Å². The second-order valence-corrected chi connectivity index (χ2v) is 7.47. The van der Waals surface area contributed by atoms with Crippen LogP contribution in [0.1, 0.15) is 18.4 Å². The number of unbranched alkanes of at least 4 members (excludes halogenated alkanes) is 1. The average molecular weight is 469 g/mol. The van der Waals surface area contributed by atoms with E-state index in [1.165, 1.54) is 31.3 Å². The molecule has 0 amide bonds. The molecule has 114 valence electrons. The maximum atomic E-state index is 5.66. The number of benzene rings is 2. The molecular weight excluding hydrogens is 451 g/mol. The van der Waals surface area contributed by atoms with E-state index in [4.69, 9.17) is 5.73 Å². The highest BCUT2D eigenvalue weighted by Crippen LogP contribution is 2.35. The van der Waals surface area contributed by atoms with Crippen LogP contribution in [0.3, 0.4) is 0 Å². The number of H-pyrrole nitrogens is 1. The molecule has 0 aliphatic rings. The molecule has 3 N–H and O–H groups in total. The van der Waals surface area contributed by atoms with Crippen molar-refractivity contribution in [2.75, 3.05) is 6.54 Å². The molecule has 4 heteroatoms. The van der Waals surface area contributed by atoms with E-state index in [-0.39, 0.29) is 0 Å². The van der Waals surface area contributed by atoms with Crippen LogP contribution in [0.2, 0.25) is 0 Å². The zero-order chi connectivity index (χ0) is 15.5. The Balaban J connectivity index is 2.15. The first-order valence-corrected chi connectivity index (χ1v) is 9.33. The van der Waals surface area contributed by atoms with Crippen LogP contribution >= 0.6 is 38.5 Å². The number of hydrogen-bond acceptors (Lipinski definition) is 1. The Labute approximate surface area is 152 Å². The second kappa shape index (κ2) is 7.15. The molecule has 0 atom stereocenters. The van der Waals surface area contributed by atoms with Gasteiger partial charge >= 0.3 is 0 Å². The van der Waals surface area contributed by atoms with Gasteiger partial charge in [0.2, 0.25) is 0 Å². The van der Waals surface area contributed by atoms with Crippen molar-refractivity contribution in [3.05, 3.63) is 56.1 Å². The van der Waals surface area contributed by atoms with Gasteiger partial charge < -0.3 is 10.7 Å². The molecule has 0 spiro atoms. The largest absolute Gasteiger partial charge is 0.354 e.